The summed E-state index contributed by atoms with van der Waals surface area (Å²) in [6.45, 7) is 0. The smallest absolute Gasteiger partial charge is 0.194 e. The van der Waals surface area contributed by atoms with Gasteiger partial charge in [-0.15, -0.1) is 11.8 Å². The number of nitrogens with zero attached hydrogens (tertiary/aromatic N) is 1. The van der Waals surface area contributed by atoms with Gasteiger partial charge in [0.25, 0.3) is 0 Å². The van der Waals surface area contributed by atoms with Gasteiger partial charge in [0, 0.05) is 33.8 Å². The summed E-state index contributed by atoms with van der Waals surface area (Å²) in [7, 11) is 0. The van der Waals surface area contributed by atoms with Gasteiger partial charge >= 0.3 is 0 Å². The molecule has 0 bridgehead atoms. The van der Waals surface area contributed by atoms with Crippen LogP contribution in [0.4, 0.5) is 0 Å². The lowest BCUT2D eigenvalue weighted by molar-refractivity contribution is 0.103. The Morgan fingerprint density at radius 2 is 1.80 bits per heavy atom. The fourth-order valence-corrected chi connectivity index (χ4v) is 2.89. The highest BCUT2D eigenvalue weighted by atomic mass is 32.2. The van der Waals surface area contributed by atoms with Crippen LogP contribution in [0.3, 0.4) is 0 Å². The monoisotopic (exact) mass is 279 g/mol. The van der Waals surface area contributed by atoms with Crippen LogP contribution in [-0.2, 0) is 0 Å². The molecule has 0 aliphatic carbocycles. The van der Waals surface area contributed by atoms with Gasteiger partial charge in [-0.2, -0.15) is 0 Å². The largest absolute Gasteiger partial charge is 0.289 e. The van der Waals surface area contributed by atoms with Gasteiger partial charge < -0.3 is 0 Å². The van der Waals surface area contributed by atoms with Gasteiger partial charge in [-0.05, 0) is 29.8 Å². The Hall–Kier alpha value is -2.13. The van der Waals surface area contributed by atoms with Gasteiger partial charge in [-0.3, -0.25) is 9.78 Å². The van der Waals surface area contributed by atoms with Crippen LogP contribution >= 0.6 is 11.8 Å². The van der Waals surface area contributed by atoms with Crippen LogP contribution in [0, 0.1) is 0 Å². The summed E-state index contributed by atoms with van der Waals surface area (Å²) in [6.07, 6.45) is 5.49. The molecule has 0 N–H and O–H groups in total. The van der Waals surface area contributed by atoms with E-state index in [2.05, 4.69) is 4.98 Å². The van der Waals surface area contributed by atoms with E-state index in [1.165, 1.54) is 0 Å². The zero-order valence-electron chi connectivity index (χ0n) is 11.0. The summed E-state index contributed by atoms with van der Waals surface area (Å²) in [5, 5.41) is 1.93. The molecule has 1 aromatic heterocycles. The second-order valence-electron chi connectivity index (χ2n) is 4.43. The third-order valence-electron chi connectivity index (χ3n) is 3.28. The topological polar surface area (TPSA) is 30.0 Å². The Balaban J connectivity index is 2.18. The van der Waals surface area contributed by atoms with Crippen molar-refractivity contribution < 1.29 is 4.79 Å². The molecule has 0 unspecified atom stereocenters. The Morgan fingerprint density at radius 1 is 1.00 bits per heavy atom. The number of hydrogen-bond donors (Lipinski definition) is 0. The zero-order chi connectivity index (χ0) is 13.9. The van der Waals surface area contributed by atoms with Crippen LogP contribution in [0.25, 0.3) is 10.8 Å². The lowest BCUT2D eigenvalue weighted by Crippen LogP contribution is -2.03. The molecule has 20 heavy (non-hydrogen) atoms. The number of thioether (sulfide) groups is 1. The number of benzene rings is 2. The number of rotatable bonds is 3. The summed E-state index contributed by atoms with van der Waals surface area (Å²) in [5.74, 6) is 0.0618. The van der Waals surface area contributed by atoms with Crippen molar-refractivity contribution in [3.8, 4) is 0 Å². The summed E-state index contributed by atoms with van der Waals surface area (Å²) in [5.41, 5.74) is 1.48. The minimum Gasteiger partial charge on any atom is -0.289 e. The normalized spacial score (nSPS) is 10.7. The molecule has 3 heteroatoms. The quantitative estimate of drug-likeness (QED) is 0.532. The van der Waals surface area contributed by atoms with E-state index >= 15 is 0 Å². The Bertz CT molecular complexity index is 777. The van der Waals surface area contributed by atoms with Crippen LogP contribution in [0.1, 0.15) is 15.9 Å². The molecule has 0 radical (unpaired) electrons. The zero-order valence-corrected chi connectivity index (χ0v) is 11.9. The van der Waals surface area contributed by atoms with Gasteiger partial charge in [0.2, 0.25) is 0 Å². The first-order chi connectivity index (χ1) is 9.81. The van der Waals surface area contributed by atoms with Gasteiger partial charge in [0.15, 0.2) is 5.78 Å². The second kappa shape index (κ2) is 5.47. The van der Waals surface area contributed by atoms with Crippen LogP contribution in [0.15, 0.2) is 65.8 Å². The number of pyridine rings is 1. The Morgan fingerprint density at radius 3 is 2.65 bits per heavy atom. The van der Waals surface area contributed by atoms with Crippen LogP contribution in [0.2, 0.25) is 0 Å². The molecule has 0 saturated carbocycles. The number of hydrogen-bond acceptors (Lipinski definition) is 3. The van der Waals surface area contributed by atoms with Crippen LogP contribution < -0.4 is 0 Å². The van der Waals surface area contributed by atoms with Crippen molar-refractivity contribution in [1.29, 1.82) is 0 Å². The minimum atomic E-state index is 0.0618. The highest BCUT2D eigenvalue weighted by Crippen LogP contribution is 2.26. The van der Waals surface area contributed by atoms with E-state index in [4.69, 9.17) is 0 Å². The summed E-state index contributed by atoms with van der Waals surface area (Å²) >= 11 is 1.59. The SMILES string of the molecule is CSc1ccccc1C(=O)c1cccc2cnccc12. The number of ketones is 1. The fourth-order valence-electron chi connectivity index (χ4n) is 2.30. The molecule has 0 saturated heterocycles. The minimum absolute atomic E-state index is 0.0618. The van der Waals surface area contributed by atoms with Gasteiger partial charge in [-0.1, -0.05) is 30.3 Å². The van der Waals surface area contributed by atoms with Gasteiger partial charge in [0.1, 0.15) is 0 Å². The molecule has 98 valence electrons. The maximum absolute atomic E-state index is 12.8. The lowest BCUT2D eigenvalue weighted by atomic mass is 9.98. The molecule has 0 aliphatic heterocycles. The molecule has 3 aromatic rings. The van der Waals surface area contributed by atoms with E-state index in [0.29, 0.717) is 0 Å². The molecule has 0 spiro atoms. The highest BCUT2D eigenvalue weighted by Gasteiger charge is 2.15. The van der Waals surface area contributed by atoms with E-state index in [0.717, 1.165) is 26.8 Å². The van der Waals surface area contributed by atoms with Crippen molar-refractivity contribution in [2.75, 3.05) is 6.26 Å². The maximum Gasteiger partial charge on any atom is 0.194 e. The van der Waals surface area contributed by atoms with E-state index in [-0.39, 0.29) is 5.78 Å². The summed E-state index contributed by atoms with van der Waals surface area (Å²) in [6, 6.07) is 15.4. The van der Waals surface area contributed by atoms with E-state index in [1.807, 2.05) is 54.8 Å². The predicted octanol–water partition coefficient (Wildman–Crippen LogP) is 4.19. The average Bonchev–Trinajstić information content (AvgIpc) is 2.53. The fraction of sp³-hybridized carbons (Fsp3) is 0.0588. The maximum atomic E-state index is 12.8. The molecule has 0 amide bonds. The number of carbonyl (C=O) groups is 1. The molecule has 2 nitrogen and oxygen atoms in total. The first-order valence-electron chi connectivity index (χ1n) is 6.31. The molecule has 0 aliphatic rings. The number of fused-ring (bicyclic) bond motifs is 1. The summed E-state index contributed by atoms with van der Waals surface area (Å²) in [4.78, 5) is 17.9. The molecule has 0 fully saturated rings. The molecule has 2 aromatic carbocycles. The highest BCUT2D eigenvalue weighted by molar-refractivity contribution is 7.98. The van der Waals surface area contributed by atoms with E-state index < -0.39 is 0 Å². The van der Waals surface area contributed by atoms with Gasteiger partial charge in [-0.25, -0.2) is 0 Å². The number of aromatic nitrogens is 1. The van der Waals surface area contributed by atoms with Gasteiger partial charge in [0.05, 0.1) is 0 Å². The Kier molecular flexibility index (Phi) is 3.52. The van der Waals surface area contributed by atoms with Crippen molar-refractivity contribution >= 4 is 28.3 Å². The molecular formula is C17H13NOS. The molecular weight excluding hydrogens is 266 g/mol. The Labute approximate surface area is 121 Å². The third kappa shape index (κ3) is 2.21. The first-order valence-corrected chi connectivity index (χ1v) is 7.54. The standard InChI is InChI=1S/C17H13NOS/c1-20-16-8-3-2-6-15(16)17(19)14-7-4-5-12-11-18-10-9-13(12)14/h2-11H,1H3. The summed E-state index contributed by atoms with van der Waals surface area (Å²) < 4.78 is 0. The first kappa shape index (κ1) is 12.9. The molecule has 3 rings (SSSR count). The van der Waals surface area contributed by atoms with E-state index in [9.17, 15) is 4.79 Å². The average molecular weight is 279 g/mol. The second-order valence-corrected chi connectivity index (χ2v) is 5.28. The van der Waals surface area contributed by atoms with Crippen LogP contribution in [-0.4, -0.2) is 17.0 Å². The molecule has 1 heterocycles. The molecule has 0 atom stereocenters. The number of carbonyl (C=O) groups excluding carboxylic acids is 1. The predicted molar refractivity (Wildman–Crippen MR) is 83.4 cm³/mol. The van der Waals surface area contributed by atoms with Crippen molar-refractivity contribution in [3.05, 3.63) is 72.1 Å². The lowest BCUT2D eigenvalue weighted by Gasteiger charge is -2.08. The van der Waals surface area contributed by atoms with Crippen molar-refractivity contribution in [3.63, 3.8) is 0 Å². The van der Waals surface area contributed by atoms with Crippen molar-refractivity contribution in [1.82, 2.24) is 4.98 Å². The van der Waals surface area contributed by atoms with Crippen molar-refractivity contribution in [2.24, 2.45) is 0 Å². The van der Waals surface area contributed by atoms with Crippen molar-refractivity contribution in [2.45, 2.75) is 4.90 Å². The third-order valence-corrected chi connectivity index (χ3v) is 4.07. The van der Waals surface area contributed by atoms with E-state index in [1.54, 1.807) is 24.2 Å². The van der Waals surface area contributed by atoms with Crippen LogP contribution in [0.5, 0.6) is 0 Å².